The molecule has 0 unspecified atom stereocenters. The minimum atomic E-state index is -2.08. The van der Waals surface area contributed by atoms with Gasteiger partial charge in [0.25, 0.3) is 5.56 Å². The molecule has 4 aromatic rings. The second kappa shape index (κ2) is 41.7. The van der Waals surface area contributed by atoms with E-state index >= 15 is 0 Å². The Kier molecular flexibility index (Phi) is 33.5. The highest BCUT2D eigenvalue weighted by Crippen LogP contribution is 2.41. The lowest BCUT2D eigenvalue weighted by molar-refractivity contribution is -0.271. The number of amides is 5. The number of pyridine rings is 2. The van der Waals surface area contributed by atoms with Gasteiger partial charge in [0.1, 0.15) is 55.4 Å². The number of esters is 1. The van der Waals surface area contributed by atoms with E-state index in [1.807, 2.05) is 24.3 Å². The molecule has 0 saturated carbocycles. The number of aliphatic hydroxyl groups excluding tert-OH is 3. The van der Waals surface area contributed by atoms with Gasteiger partial charge in [0.2, 0.25) is 29.9 Å². The van der Waals surface area contributed by atoms with Crippen molar-refractivity contribution in [3.63, 3.8) is 0 Å². The Hall–Kier alpha value is -7.87. The number of benzene rings is 2. The molecule has 33 heteroatoms. The molecule has 9 atom stereocenters. The zero-order valence-electron chi connectivity index (χ0n) is 60.1. The zero-order chi connectivity index (χ0) is 75.5. The van der Waals surface area contributed by atoms with Crippen molar-refractivity contribution in [2.45, 2.75) is 160 Å². The van der Waals surface area contributed by atoms with Crippen molar-refractivity contribution in [3.8, 4) is 17.1 Å². The number of fused-ring (bicyclic) bond motifs is 5. The molecular weight excluding hydrogens is 1360 g/mol. The fourth-order valence-electron chi connectivity index (χ4n) is 11.7. The predicted molar refractivity (Wildman–Crippen MR) is 372 cm³/mol. The summed E-state index contributed by atoms with van der Waals surface area (Å²) in [6, 6.07) is 9.04. The number of carbonyl (C=O) groups excluding carboxylic acids is 6. The van der Waals surface area contributed by atoms with E-state index in [1.54, 1.807) is 47.8 Å². The van der Waals surface area contributed by atoms with E-state index in [4.69, 9.17) is 67.6 Å². The van der Waals surface area contributed by atoms with Gasteiger partial charge in [-0.3, -0.25) is 24.0 Å². The first-order valence-electron chi connectivity index (χ1n) is 35.1. The van der Waals surface area contributed by atoms with Crippen molar-refractivity contribution in [2.24, 2.45) is 11.7 Å². The summed E-state index contributed by atoms with van der Waals surface area (Å²) in [5.41, 5.74) is 6.73. The predicted octanol–water partition coefficient (Wildman–Crippen LogP) is 1.29. The molecule has 1 fully saturated rings. The van der Waals surface area contributed by atoms with E-state index in [1.165, 1.54) is 34.6 Å². The van der Waals surface area contributed by atoms with Crippen molar-refractivity contribution < 1.29 is 116 Å². The van der Waals surface area contributed by atoms with Crippen LogP contribution in [0.15, 0.2) is 53.3 Å². The first-order valence-corrected chi connectivity index (χ1v) is 35.1. The van der Waals surface area contributed by atoms with Gasteiger partial charge in [-0.2, -0.15) is 0 Å². The number of nitrogens with two attached hydrogens (primary N) is 1. The monoisotopic (exact) mass is 1470 g/mol. The maximum atomic E-state index is 14.2. The van der Waals surface area contributed by atoms with E-state index in [-0.39, 0.29) is 93.3 Å². The summed E-state index contributed by atoms with van der Waals surface area (Å²) in [4.78, 5) is 115. The van der Waals surface area contributed by atoms with Crippen LogP contribution in [0.5, 0.6) is 5.75 Å². The van der Waals surface area contributed by atoms with Crippen LogP contribution < -0.4 is 37.3 Å². The first kappa shape index (κ1) is 83.4. The number of hydrogen-bond donors (Lipinski definition) is 10. The Morgan fingerprint density at radius 1 is 0.740 bits per heavy atom. The topological polar surface area (TPSA) is 444 Å². The number of cyclic esters (lactones) is 1. The van der Waals surface area contributed by atoms with Gasteiger partial charge in [0.05, 0.1) is 134 Å². The number of para-hydroxylation sites is 1. The van der Waals surface area contributed by atoms with E-state index in [0.717, 1.165) is 10.9 Å². The molecule has 576 valence electrons. The highest BCUT2D eigenvalue weighted by Gasteiger charge is 2.49. The molecule has 0 aliphatic carbocycles. The molecule has 0 bridgehead atoms. The second-order valence-corrected chi connectivity index (χ2v) is 25.7. The molecule has 1 saturated heterocycles. The van der Waals surface area contributed by atoms with Crippen molar-refractivity contribution in [2.75, 3.05) is 125 Å². The van der Waals surface area contributed by atoms with Crippen LogP contribution in [0.4, 0.5) is 10.5 Å². The van der Waals surface area contributed by atoms with Crippen molar-refractivity contribution in [1.82, 2.24) is 30.4 Å². The number of nitrogens with one attached hydrogen (secondary N) is 4. The minimum absolute atomic E-state index is 0.0256. The fraction of sp³-hybridized carbons (Fsp3) is 0.620. The summed E-state index contributed by atoms with van der Waals surface area (Å²) in [6.45, 7) is 15.4. The number of carboxylic acid groups (broad SMARTS) is 1. The lowest BCUT2D eigenvalue weighted by atomic mass is 9.86. The Morgan fingerprint density at radius 3 is 1.94 bits per heavy atom. The summed E-state index contributed by atoms with van der Waals surface area (Å²) in [5.74, 6) is -6.14. The van der Waals surface area contributed by atoms with Crippen molar-refractivity contribution in [1.29, 1.82) is 0 Å². The molecule has 0 spiro atoms. The van der Waals surface area contributed by atoms with Crippen LogP contribution in [0.25, 0.3) is 22.3 Å². The number of carbonyl (C=O) groups is 7. The van der Waals surface area contributed by atoms with Crippen LogP contribution in [0.1, 0.15) is 101 Å². The summed E-state index contributed by atoms with van der Waals surface area (Å²) in [6.07, 6.45) is -9.65. The smallest absolute Gasteiger partial charge is 0.410 e. The Balaban J connectivity index is 0.919. The third kappa shape index (κ3) is 23.1. The number of aromatic nitrogens is 2. The second-order valence-electron chi connectivity index (χ2n) is 25.7. The molecule has 33 nitrogen and oxygen atoms in total. The maximum absolute atomic E-state index is 14.2. The minimum Gasteiger partial charge on any atom is -0.479 e. The molecule has 5 amide bonds. The van der Waals surface area contributed by atoms with Gasteiger partial charge >= 0.3 is 18.0 Å². The highest BCUT2D eigenvalue weighted by atomic mass is 16.7. The van der Waals surface area contributed by atoms with Crippen LogP contribution in [-0.4, -0.2) is 256 Å². The largest absolute Gasteiger partial charge is 0.479 e. The SMILES string of the molecule is CC[C@@]1(O)C(=O)OCc2c1cc1n(c2=O)Cc2c-1nc1ccccc1c2CCN(C(=O)OCc1ccc(NC(=O)[C@H](C)NC(=O)[C@@H](NC(=O)[C@H](CCCCN)NC(=O)CCOCCOCCOCCOCCOCCOCCOCCOC)C(C)C)c(O[C@@H]2O[C@H](C(=O)O)[C@@H](O)[C@H](O)[C@H]2O)c1)C(C)C. The molecule has 2 aromatic carbocycles. The number of carboxylic acids is 1. The first-order chi connectivity index (χ1) is 49.9. The Morgan fingerprint density at radius 2 is 1.36 bits per heavy atom. The van der Waals surface area contributed by atoms with Gasteiger partial charge in [-0.05, 0) is 101 Å². The zero-order valence-corrected chi connectivity index (χ0v) is 60.1. The molecular formula is C71H102N8O25. The number of methoxy groups -OCH3 is 1. The van der Waals surface area contributed by atoms with Crippen LogP contribution in [-0.2, 0) is 113 Å². The van der Waals surface area contributed by atoms with E-state index < -0.39 is 120 Å². The summed E-state index contributed by atoms with van der Waals surface area (Å²) in [7, 11) is 1.61. The van der Waals surface area contributed by atoms with Gasteiger partial charge in [0, 0.05) is 42.6 Å². The van der Waals surface area contributed by atoms with E-state index in [0.29, 0.717) is 121 Å². The Bertz CT molecular complexity index is 3560. The maximum Gasteiger partial charge on any atom is 0.410 e. The summed E-state index contributed by atoms with van der Waals surface area (Å²) < 4.78 is 67.4. The van der Waals surface area contributed by atoms with Gasteiger partial charge < -0.3 is 119 Å². The number of aliphatic carboxylic acids is 1. The van der Waals surface area contributed by atoms with Crippen LogP contribution in [0, 0.1) is 5.92 Å². The molecule has 3 aliphatic heterocycles. The molecule has 7 rings (SSSR count). The number of nitrogens with zero attached hydrogens (tertiary/aromatic N) is 3. The normalized spacial score (nSPS) is 19.1. The molecule has 2 aromatic heterocycles. The van der Waals surface area contributed by atoms with Crippen LogP contribution >= 0.6 is 0 Å². The molecule has 0 radical (unpaired) electrons. The number of hydrogen-bond acceptors (Lipinski definition) is 26. The summed E-state index contributed by atoms with van der Waals surface area (Å²) >= 11 is 0. The lowest BCUT2D eigenvalue weighted by Gasteiger charge is -2.38. The van der Waals surface area contributed by atoms with Gasteiger partial charge in [-0.25, -0.2) is 19.4 Å². The molecule has 11 N–H and O–H groups in total. The average molecular weight is 1470 g/mol. The number of rotatable bonds is 46. The van der Waals surface area contributed by atoms with Crippen molar-refractivity contribution >= 4 is 58.3 Å². The van der Waals surface area contributed by atoms with Gasteiger partial charge in [-0.1, -0.05) is 45.0 Å². The lowest BCUT2D eigenvalue weighted by Crippen LogP contribution is -2.61. The highest BCUT2D eigenvalue weighted by molar-refractivity contribution is 5.99. The van der Waals surface area contributed by atoms with Gasteiger partial charge in [-0.15, -0.1) is 0 Å². The van der Waals surface area contributed by atoms with Crippen LogP contribution in [0.2, 0.25) is 0 Å². The van der Waals surface area contributed by atoms with Crippen molar-refractivity contribution in [3.05, 3.63) is 86.7 Å². The average Bonchev–Trinajstić information content (AvgIpc) is 1.54. The number of anilines is 1. The van der Waals surface area contributed by atoms with E-state index in [9.17, 15) is 63.9 Å². The van der Waals surface area contributed by atoms with E-state index in [2.05, 4.69) is 21.3 Å². The molecule has 5 heterocycles. The summed E-state index contributed by atoms with van der Waals surface area (Å²) in [5, 5.41) is 65.0. The molecule has 104 heavy (non-hydrogen) atoms. The number of ether oxygens (including phenoxy) is 12. The Labute approximate surface area is 602 Å². The quantitative estimate of drug-likeness (QED) is 0.0194. The number of unbranched alkanes of at least 4 members (excludes halogenated alkanes) is 1. The standard InChI is InChI=1S/C71H102N8O25/c1-8-71(92)50-38-54-58-48(39-79(54)66(87)49(50)41-101-69(71)90)46(47-13-9-10-14-51(47)75-58)18-21-78(43(4)5)70(91)102-40-45-16-17-52(55(37-45)103-68-61(83)59(81)60(82)62(104-68)67(88)89)76-63(84)44(6)73-65(86)57(42(2)3)77-64(85)53(15-11-12-20-72)74-56(80)19-22-94-25-26-96-29-30-98-33-34-100-36-35-99-32-31-97-28-27-95-24-23-93-7/h9-10,13-14,16-17,37-38,42-44,53,57,59-62,68,81-83,92H,8,11-12,15,18-36,39-41,72H2,1-7H3,(H,73,86)(H,74,80)(H,76,84)(H,77,85)(H,88,89)/t44-,53-,57-,59-,60-,61+,62-,68+,71-/m0/s1. The van der Waals surface area contributed by atoms with Gasteiger partial charge in [0.15, 0.2) is 11.7 Å². The third-order valence-corrected chi connectivity index (χ3v) is 17.6. The fourth-order valence-corrected chi connectivity index (χ4v) is 11.7. The third-order valence-electron chi connectivity index (χ3n) is 17.6. The number of aliphatic hydroxyl groups is 4. The van der Waals surface area contributed by atoms with Crippen LogP contribution in [0.3, 0.4) is 0 Å². The molecule has 3 aliphatic rings.